The minimum Gasteiger partial charge on any atom is -0.369 e. The fourth-order valence-electron chi connectivity index (χ4n) is 1.57. The molecule has 2 aromatic rings. The molecule has 1 heterocycles. The van der Waals surface area contributed by atoms with E-state index in [0.29, 0.717) is 21.6 Å². The first-order chi connectivity index (χ1) is 8.97. The highest BCUT2D eigenvalue weighted by atomic mass is 35.5. The number of guanidine groups is 1. The Hall–Kier alpha value is -1.85. The SMILES string of the molecule is Cc1cc(Cl)nc(N(C(=N)N)c2ccc(Cl)cc2)n1. The van der Waals surface area contributed by atoms with E-state index < -0.39 is 0 Å². The molecule has 0 bridgehead atoms. The fraction of sp³-hybridized carbons (Fsp3) is 0.0833. The van der Waals surface area contributed by atoms with Crippen molar-refractivity contribution >= 4 is 40.8 Å². The molecular weight excluding hydrogens is 285 g/mol. The number of hydrogen-bond donors (Lipinski definition) is 2. The molecule has 5 nitrogen and oxygen atoms in total. The number of halogens is 2. The first-order valence-corrected chi connectivity index (χ1v) is 6.14. The zero-order chi connectivity index (χ0) is 14.0. The molecule has 0 radical (unpaired) electrons. The fourth-order valence-corrected chi connectivity index (χ4v) is 1.93. The van der Waals surface area contributed by atoms with Gasteiger partial charge in [0.2, 0.25) is 5.95 Å². The Morgan fingerprint density at radius 3 is 2.37 bits per heavy atom. The average molecular weight is 296 g/mol. The van der Waals surface area contributed by atoms with Gasteiger partial charge >= 0.3 is 0 Å². The molecule has 0 aliphatic carbocycles. The van der Waals surface area contributed by atoms with Crippen molar-refractivity contribution in [2.45, 2.75) is 6.92 Å². The number of aryl methyl sites for hydroxylation is 1. The summed E-state index contributed by atoms with van der Waals surface area (Å²) in [5, 5.41) is 8.56. The van der Waals surface area contributed by atoms with Crippen LogP contribution in [-0.4, -0.2) is 15.9 Å². The first kappa shape index (κ1) is 13.6. The molecule has 0 saturated heterocycles. The van der Waals surface area contributed by atoms with Gasteiger partial charge in [-0.15, -0.1) is 0 Å². The van der Waals surface area contributed by atoms with Crippen LogP contribution in [0.5, 0.6) is 0 Å². The van der Waals surface area contributed by atoms with E-state index in [1.165, 1.54) is 4.90 Å². The van der Waals surface area contributed by atoms with E-state index >= 15 is 0 Å². The Morgan fingerprint density at radius 1 is 1.21 bits per heavy atom. The Labute approximate surface area is 120 Å². The van der Waals surface area contributed by atoms with Crippen LogP contribution in [0.25, 0.3) is 0 Å². The molecule has 0 amide bonds. The molecule has 0 fully saturated rings. The molecule has 19 heavy (non-hydrogen) atoms. The van der Waals surface area contributed by atoms with Crippen molar-refractivity contribution in [1.29, 1.82) is 5.41 Å². The van der Waals surface area contributed by atoms with Gasteiger partial charge in [0.25, 0.3) is 0 Å². The number of anilines is 2. The van der Waals surface area contributed by atoms with Crippen LogP contribution in [-0.2, 0) is 0 Å². The number of rotatable bonds is 2. The molecule has 1 aromatic heterocycles. The summed E-state index contributed by atoms with van der Waals surface area (Å²) in [4.78, 5) is 9.70. The van der Waals surface area contributed by atoms with Gasteiger partial charge in [-0.25, -0.2) is 14.9 Å². The lowest BCUT2D eigenvalue weighted by atomic mass is 10.3. The summed E-state index contributed by atoms with van der Waals surface area (Å²) in [6.07, 6.45) is 0. The number of nitrogens with two attached hydrogens (primary N) is 1. The maximum absolute atomic E-state index is 7.67. The Morgan fingerprint density at radius 2 is 1.84 bits per heavy atom. The van der Waals surface area contributed by atoms with Gasteiger partial charge in [0.15, 0.2) is 5.96 Å². The molecule has 1 aromatic carbocycles. The molecule has 3 N–H and O–H groups in total. The van der Waals surface area contributed by atoms with Gasteiger partial charge in [-0.1, -0.05) is 23.2 Å². The van der Waals surface area contributed by atoms with E-state index in [-0.39, 0.29) is 11.9 Å². The van der Waals surface area contributed by atoms with Crippen LogP contribution in [0, 0.1) is 12.3 Å². The van der Waals surface area contributed by atoms with Crippen LogP contribution in [0.3, 0.4) is 0 Å². The van der Waals surface area contributed by atoms with E-state index in [4.69, 9.17) is 34.3 Å². The number of aromatic nitrogens is 2. The van der Waals surface area contributed by atoms with E-state index in [1.54, 1.807) is 37.3 Å². The third-order valence-corrected chi connectivity index (χ3v) is 2.78. The van der Waals surface area contributed by atoms with Crippen molar-refractivity contribution in [1.82, 2.24) is 9.97 Å². The quantitative estimate of drug-likeness (QED) is 0.507. The van der Waals surface area contributed by atoms with Crippen LogP contribution < -0.4 is 10.6 Å². The third kappa shape index (κ3) is 3.13. The molecule has 7 heteroatoms. The van der Waals surface area contributed by atoms with Gasteiger partial charge in [0, 0.05) is 10.7 Å². The van der Waals surface area contributed by atoms with Crippen LogP contribution in [0.15, 0.2) is 30.3 Å². The molecule has 0 saturated carbocycles. The average Bonchev–Trinajstić information content (AvgIpc) is 2.30. The van der Waals surface area contributed by atoms with E-state index in [1.807, 2.05) is 0 Å². The molecular formula is C12H11Cl2N5. The summed E-state index contributed by atoms with van der Waals surface area (Å²) < 4.78 is 0. The summed E-state index contributed by atoms with van der Waals surface area (Å²) in [6.45, 7) is 1.79. The first-order valence-electron chi connectivity index (χ1n) is 5.38. The standard InChI is InChI=1S/C12H11Cl2N5/c1-7-6-10(14)18-12(17-7)19(11(15)16)9-4-2-8(13)3-5-9/h2-6H,1H3,(H3,15,16). The Kier molecular flexibility index (Phi) is 3.87. The van der Waals surface area contributed by atoms with Crippen molar-refractivity contribution in [2.24, 2.45) is 5.73 Å². The van der Waals surface area contributed by atoms with Crippen LogP contribution in [0.4, 0.5) is 11.6 Å². The summed E-state index contributed by atoms with van der Waals surface area (Å²) in [5.41, 5.74) is 6.92. The summed E-state index contributed by atoms with van der Waals surface area (Å²) in [5.74, 6) is 0.0452. The zero-order valence-electron chi connectivity index (χ0n) is 10.1. The minimum absolute atomic E-state index is 0.205. The van der Waals surface area contributed by atoms with Gasteiger partial charge in [0.05, 0.1) is 5.69 Å². The Balaban J connectivity index is 2.51. The van der Waals surface area contributed by atoms with E-state index in [0.717, 1.165) is 0 Å². The highest BCUT2D eigenvalue weighted by Gasteiger charge is 2.16. The van der Waals surface area contributed by atoms with Crippen molar-refractivity contribution in [3.63, 3.8) is 0 Å². The smallest absolute Gasteiger partial charge is 0.238 e. The second-order valence-corrected chi connectivity index (χ2v) is 4.65. The topological polar surface area (TPSA) is 78.9 Å². The zero-order valence-corrected chi connectivity index (χ0v) is 11.6. The van der Waals surface area contributed by atoms with Crippen molar-refractivity contribution in [3.8, 4) is 0 Å². The van der Waals surface area contributed by atoms with Crippen LogP contribution >= 0.6 is 23.2 Å². The van der Waals surface area contributed by atoms with Gasteiger partial charge < -0.3 is 5.73 Å². The van der Waals surface area contributed by atoms with Crippen molar-refractivity contribution in [2.75, 3.05) is 4.90 Å². The number of nitrogens with zero attached hydrogens (tertiary/aromatic N) is 3. The maximum Gasteiger partial charge on any atom is 0.238 e. The molecule has 0 atom stereocenters. The largest absolute Gasteiger partial charge is 0.369 e. The highest BCUT2D eigenvalue weighted by Crippen LogP contribution is 2.24. The van der Waals surface area contributed by atoms with Crippen molar-refractivity contribution < 1.29 is 0 Å². The van der Waals surface area contributed by atoms with Gasteiger partial charge in [-0.05, 0) is 37.3 Å². The third-order valence-electron chi connectivity index (χ3n) is 2.34. The monoisotopic (exact) mass is 295 g/mol. The second-order valence-electron chi connectivity index (χ2n) is 3.83. The minimum atomic E-state index is -0.205. The lowest BCUT2D eigenvalue weighted by Crippen LogP contribution is -2.33. The molecule has 0 aliphatic heterocycles. The number of benzene rings is 1. The summed E-state index contributed by atoms with van der Waals surface area (Å²) >= 11 is 11.7. The van der Waals surface area contributed by atoms with Gasteiger partial charge in [0.1, 0.15) is 5.15 Å². The van der Waals surface area contributed by atoms with Crippen LogP contribution in [0.1, 0.15) is 5.69 Å². The molecule has 2 rings (SSSR count). The van der Waals surface area contributed by atoms with Gasteiger partial charge in [-0.2, -0.15) is 0 Å². The molecule has 0 aliphatic rings. The highest BCUT2D eigenvalue weighted by molar-refractivity contribution is 6.30. The van der Waals surface area contributed by atoms with Crippen LogP contribution in [0.2, 0.25) is 10.2 Å². The van der Waals surface area contributed by atoms with Gasteiger partial charge in [-0.3, -0.25) is 5.41 Å². The summed E-state index contributed by atoms with van der Waals surface area (Å²) in [7, 11) is 0. The normalized spacial score (nSPS) is 10.3. The summed E-state index contributed by atoms with van der Waals surface area (Å²) in [6, 6.07) is 8.48. The predicted molar refractivity (Wildman–Crippen MR) is 77.3 cm³/mol. The van der Waals surface area contributed by atoms with Crippen molar-refractivity contribution in [3.05, 3.63) is 46.2 Å². The molecule has 0 spiro atoms. The number of hydrogen-bond acceptors (Lipinski definition) is 3. The Bertz CT molecular complexity index is 592. The lowest BCUT2D eigenvalue weighted by molar-refractivity contribution is 1.05. The lowest BCUT2D eigenvalue weighted by Gasteiger charge is -2.20. The van der Waals surface area contributed by atoms with E-state index in [2.05, 4.69) is 9.97 Å². The molecule has 98 valence electrons. The second kappa shape index (κ2) is 5.42. The predicted octanol–water partition coefficient (Wildman–Crippen LogP) is 3.12. The maximum atomic E-state index is 7.67. The number of nitrogens with one attached hydrogen (secondary N) is 1. The molecule has 0 unspecified atom stereocenters. The van der Waals surface area contributed by atoms with E-state index in [9.17, 15) is 0 Å².